The Bertz CT molecular complexity index is 255. The molecule has 0 aliphatic carbocycles. The Kier molecular flexibility index (Phi) is 2.25. The van der Waals surface area contributed by atoms with Crippen LogP contribution in [0.5, 0.6) is 0 Å². The summed E-state index contributed by atoms with van der Waals surface area (Å²) in [6, 6.07) is 0. The average molecular weight is 154 g/mol. The van der Waals surface area contributed by atoms with Crippen molar-refractivity contribution in [2.24, 2.45) is 0 Å². The van der Waals surface area contributed by atoms with Crippen molar-refractivity contribution in [2.75, 3.05) is 5.73 Å². The third-order valence-electron chi connectivity index (χ3n) is 1.44. The van der Waals surface area contributed by atoms with E-state index in [0.717, 1.165) is 12.8 Å². The van der Waals surface area contributed by atoms with Gasteiger partial charge in [-0.1, -0.05) is 18.5 Å². The molecule has 0 aliphatic rings. The van der Waals surface area contributed by atoms with Crippen LogP contribution in [-0.4, -0.2) is 11.4 Å². The Labute approximate surface area is 64.4 Å². The highest BCUT2D eigenvalue weighted by molar-refractivity contribution is 5.82. The van der Waals surface area contributed by atoms with Crippen LogP contribution in [0.4, 0.5) is 5.88 Å². The van der Waals surface area contributed by atoms with E-state index in [0.29, 0.717) is 17.5 Å². The van der Waals surface area contributed by atoms with Crippen molar-refractivity contribution < 1.29 is 9.32 Å². The predicted molar refractivity (Wildman–Crippen MR) is 40.3 cm³/mol. The fourth-order valence-corrected chi connectivity index (χ4v) is 0.888. The monoisotopic (exact) mass is 154 g/mol. The summed E-state index contributed by atoms with van der Waals surface area (Å²) in [4.78, 5) is 10.4. The van der Waals surface area contributed by atoms with Gasteiger partial charge >= 0.3 is 0 Å². The van der Waals surface area contributed by atoms with E-state index in [2.05, 4.69) is 9.68 Å². The van der Waals surface area contributed by atoms with E-state index in [9.17, 15) is 4.79 Å². The molecule has 1 aromatic heterocycles. The molecule has 0 saturated carbocycles. The maximum absolute atomic E-state index is 10.4. The molecule has 0 bridgehead atoms. The van der Waals surface area contributed by atoms with Gasteiger partial charge in [-0.15, -0.1) is 0 Å². The highest BCUT2D eigenvalue weighted by Gasteiger charge is 2.10. The van der Waals surface area contributed by atoms with Crippen LogP contribution < -0.4 is 5.73 Å². The van der Waals surface area contributed by atoms with Gasteiger partial charge in [-0.3, -0.25) is 4.79 Å². The summed E-state index contributed by atoms with van der Waals surface area (Å²) in [7, 11) is 0. The molecule has 4 heteroatoms. The van der Waals surface area contributed by atoms with Gasteiger partial charge in [0.15, 0.2) is 6.29 Å². The fraction of sp³-hybridized carbons (Fsp3) is 0.429. The van der Waals surface area contributed by atoms with E-state index in [1.165, 1.54) is 0 Å². The van der Waals surface area contributed by atoms with Gasteiger partial charge in [-0.05, 0) is 6.42 Å². The van der Waals surface area contributed by atoms with Gasteiger partial charge < -0.3 is 10.3 Å². The molecule has 4 nitrogen and oxygen atoms in total. The van der Waals surface area contributed by atoms with Gasteiger partial charge in [-0.2, -0.15) is 0 Å². The summed E-state index contributed by atoms with van der Waals surface area (Å²) in [6.07, 6.45) is 2.33. The van der Waals surface area contributed by atoms with E-state index < -0.39 is 0 Å². The standard InChI is InChI=1S/C7H10N2O2/c1-2-3-6-5(4-10)7(8)11-9-6/h4H,2-3,8H2,1H3. The first-order chi connectivity index (χ1) is 5.29. The molecule has 0 fully saturated rings. The molecule has 0 aliphatic heterocycles. The number of aromatic nitrogens is 1. The Morgan fingerprint density at radius 2 is 2.45 bits per heavy atom. The molecule has 1 rings (SSSR count). The van der Waals surface area contributed by atoms with Crippen molar-refractivity contribution in [3.63, 3.8) is 0 Å². The van der Waals surface area contributed by atoms with Crippen molar-refractivity contribution >= 4 is 12.2 Å². The lowest BCUT2D eigenvalue weighted by molar-refractivity contribution is 0.112. The quantitative estimate of drug-likeness (QED) is 0.660. The number of carbonyl (C=O) groups excluding carboxylic acids is 1. The van der Waals surface area contributed by atoms with Crippen LogP contribution >= 0.6 is 0 Å². The minimum absolute atomic E-state index is 0.114. The van der Waals surface area contributed by atoms with E-state index >= 15 is 0 Å². The molecular formula is C7H10N2O2. The molecule has 0 spiro atoms. The van der Waals surface area contributed by atoms with Crippen molar-refractivity contribution in [1.29, 1.82) is 0 Å². The Hall–Kier alpha value is -1.32. The van der Waals surface area contributed by atoms with Crippen LogP contribution in [-0.2, 0) is 6.42 Å². The molecule has 2 N–H and O–H groups in total. The summed E-state index contributed by atoms with van der Waals surface area (Å²) in [5, 5.41) is 3.65. The fourth-order valence-electron chi connectivity index (χ4n) is 0.888. The maximum Gasteiger partial charge on any atom is 0.232 e. The molecule has 0 unspecified atom stereocenters. The summed E-state index contributed by atoms with van der Waals surface area (Å²) in [5.74, 6) is 0.114. The van der Waals surface area contributed by atoms with E-state index in [4.69, 9.17) is 5.73 Å². The first kappa shape index (κ1) is 7.78. The highest BCUT2D eigenvalue weighted by Crippen LogP contribution is 2.14. The minimum Gasteiger partial charge on any atom is -0.367 e. The number of aldehydes is 1. The van der Waals surface area contributed by atoms with Crippen LogP contribution in [0.2, 0.25) is 0 Å². The molecule has 0 saturated heterocycles. The third kappa shape index (κ3) is 1.39. The number of hydrogen-bond donors (Lipinski definition) is 1. The van der Waals surface area contributed by atoms with Crippen LogP contribution in [0, 0.1) is 0 Å². The minimum atomic E-state index is 0.114. The number of hydrogen-bond acceptors (Lipinski definition) is 4. The van der Waals surface area contributed by atoms with Crippen molar-refractivity contribution in [3.05, 3.63) is 11.3 Å². The largest absolute Gasteiger partial charge is 0.367 e. The number of aryl methyl sites for hydroxylation is 1. The normalized spacial score (nSPS) is 9.91. The molecule has 11 heavy (non-hydrogen) atoms. The SMILES string of the molecule is CCCc1noc(N)c1C=O. The molecular weight excluding hydrogens is 144 g/mol. The number of nitrogens with zero attached hydrogens (tertiary/aromatic N) is 1. The van der Waals surface area contributed by atoms with Crippen LogP contribution in [0.1, 0.15) is 29.4 Å². The average Bonchev–Trinajstić information content (AvgIpc) is 2.33. The summed E-state index contributed by atoms with van der Waals surface area (Å²) < 4.78 is 4.64. The lowest BCUT2D eigenvalue weighted by Crippen LogP contribution is -1.92. The smallest absolute Gasteiger partial charge is 0.232 e. The Morgan fingerprint density at radius 1 is 1.73 bits per heavy atom. The topological polar surface area (TPSA) is 69.1 Å². The lowest BCUT2D eigenvalue weighted by atomic mass is 10.2. The van der Waals surface area contributed by atoms with Crippen LogP contribution in [0.15, 0.2) is 4.52 Å². The van der Waals surface area contributed by atoms with Gasteiger partial charge in [0.1, 0.15) is 5.56 Å². The van der Waals surface area contributed by atoms with Gasteiger partial charge in [0, 0.05) is 0 Å². The molecule has 60 valence electrons. The Morgan fingerprint density at radius 3 is 3.00 bits per heavy atom. The molecule has 1 aromatic rings. The Balaban J connectivity index is 2.95. The predicted octanol–water partition coefficient (Wildman–Crippen LogP) is 1.02. The highest BCUT2D eigenvalue weighted by atomic mass is 16.5. The number of carbonyl (C=O) groups is 1. The maximum atomic E-state index is 10.4. The number of rotatable bonds is 3. The second kappa shape index (κ2) is 3.18. The molecule has 1 heterocycles. The van der Waals surface area contributed by atoms with Crippen LogP contribution in [0.3, 0.4) is 0 Å². The van der Waals surface area contributed by atoms with Gasteiger partial charge in [0.05, 0.1) is 5.69 Å². The molecule has 0 radical (unpaired) electrons. The summed E-state index contributed by atoms with van der Waals surface area (Å²) in [6.45, 7) is 2.00. The van der Waals surface area contributed by atoms with Gasteiger partial charge in [-0.25, -0.2) is 0 Å². The summed E-state index contributed by atoms with van der Waals surface area (Å²) in [5.41, 5.74) is 6.37. The van der Waals surface area contributed by atoms with Gasteiger partial charge in [0.25, 0.3) is 0 Å². The first-order valence-corrected chi connectivity index (χ1v) is 3.48. The second-order valence-corrected chi connectivity index (χ2v) is 2.28. The zero-order chi connectivity index (χ0) is 8.27. The second-order valence-electron chi connectivity index (χ2n) is 2.28. The zero-order valence-corrected chi connectivity index (χ0v) is 6.33. The van der Waals surface area contributed by atoms with Crippen molar-refractivity contribution in [1.82, 2.24) is 5.16 Å². The third-order valence-corrected chi connectivity index (χ3v) is 1.44. The molecule has 0 atom stereocenters. The van der Waals surface area contributed by atoms with E-state index in [1.807, 2.05) is 6.92 Å². The first-order valence-electron chi connectivity index (χ1n) is 3.48. The van der Waals surface area contributed by atoms with Crippen molar-refractivity contribution in [3.8, 4) is 0 Å². The molecule has 0 aromatic carbocycles. The number of anilines is 1. The number of nitrogens with two attached hydrogens (primary N) is 1. The number of nitrogen functional groups attached to an aromatic ring is 1. The zero-order valence-electron chi connectivity index (χ0n) is 6.33. The van der Waals surface area contributed by atoms with E-state index in [1.54, 1.807) is 0 Å². The van der Waals surface area contributed by atoms with Gasteiger partial charge in [0.2, 0.25) is 5.88 Å². The summed E-state index contributed by atoms with van der Waals surface area (Å²) >= 11 is 0. The molecule has 0 amide bonds. The van der Waals surface area contributed by atoms with Crippen LogP contribution in [0.25, 0.3) is 0 Å². The van der Waals surface area contributed by atoms with Crippen molar-refractivity contribution in [2.45, 2.75) is 19.8 Å². The lowest BCUT2D eigenvalue weighted by Gasteiger charge is -1.88. The van der Waals surface area contributed by atoms with E-state index in [-0.39, 0.29) is 5.88 Å².